The van der Waals surface area contributed by atoms with Crippen LogP contribution >= 0.6 is 0 Å². The highest BCUT2D eigenvalue weighted by atomic mass is 16.6. The average Bonchev–Trinajstić information content (AvgIpc) is 3.05. The summed E-state index contributed by atoms with van der Waals surface area (Å²) in [5.41, 5.74) is 6.56. The molecule has 10 heteroatoms. The van der Waals surface area contributed by atoms with Crippen molar-refractivity contribution in [3.05, 3.63) is 12.7 Å². The van der Waals surface area contributed by atoms with E-state index in [0.717, 1.165) is 0 Å². The van der Waals surface area contributed by atoms with E-state index in [1.165, 1.54) is 17.2 Å². The smallest absolute Gasteiger partial charge is 0.167 e. The fourth-order valence-corrected chi connectivity index (χ4v) is 2.51. The van der Waals surface area contributed by atoms with Gasteiger partial charge >= 0.3 is 0 Å². The van der Waals surface area contributed by atoms with Crippen molar-refractivity contribution in [2.45, 2.75) is 24.5 Å². The highest BCUT2D eigenvalue weighted by molar-refractivity contribution is 5.81. The number of hydrogen-bond acceptors (Lipinski definition) is 9. The molecule has 6 N–H and O–H groups in total. The predicted octanol–water partition coefficient (Wildman–Crippen LogP) is -2.39. The van der Waals surface area contributed by atoms with E-state index in [1.54, 1.807) is 0 Å². The molecule has 0 aliphatic carbocycles. The van der Waals surface area contributed by atoms with Crippen molar-refractivity contribution in [3.63, 3.8) is 0 Å². The van der Waals surface area contributed by atoms with Gasteiger partial charge in [0.1, 0.15) is 30.2 Å². The number of hydrogen-bond donors (Lipinski definition) is 5. The number of aliphatic hydroxyl groups is 3. The summed E-state index contributed by atoms with van der Waals surface area (Å²) >= 11 is 0. The number of nitrogen functional groups attached to an aromatic ring is 1. The van der Waals surface area contributed by atoms with Crippen LogP contribution in [-0.2, 0) is 4.74 Å². The number of imidazole rings is 1. The minimum absolute atomic E-state index is 0.0167. The molecule has 120 valence electrons. The summed E-state index contributed by atoms with van der Waals surface area (Å²) in [6, 6.07) is 0. The van der Waals surface area contributed by atoms with Crippen LogP contribution in [0.15, 0.2) is 12.7 Å². The first-order chi connectivity index (χ1) is 10.6. The molecule has 0 spiro atoms. The van der Waals surface area contributed by atoms with Crippen LogP contribution in [0.4, 0.5) is 5.82 Å². The summed E-state index contributed by atoms with van der Waals surface area (Å²) in [7, 11) is 0. The van der Waals surface area contributed by atoms with Crippen molar-refractivity contribution >= 4 is 17.0 Å². The van der Waals surface area contributed by atoms with Gasteiger partial charge in [-0.05, 0) is 0 Å². The largest absolute Gasteiger partial charge is 0.395 e. The number of nitrogens with one attached hydrogen (secondary N) is 1. The van der Waals surface area contributed by atoms with Crippen LogP contribution in [0.1, 0.15) is 6.23 Å². The summed E-state index contributed by atoms with van der Waals surface area (Å²) in [6.07, 6.45) is -0.881. The van der Waals surface area contributed by atoms with Gasteiger partial charge in [-0.25, -0.2) is 15.0 Å². The van der Waals surface area contributed by atoms with Crippen molar-refractivity contribution in [1.29, 1.82) is 0 Å². The van der Waals surface area contributed by atoms with Gasteiger partial charge in [-0.3, -0.25) is 4.57 Å². The SMILES string of the molecule is Nc1ncnc2c1ncn2[C@@H]1O[C@H](CNCCO)C(O)C1O. The van der Waals surface area contributed by atoms with Crippen LogP contribution in [0.25, 0.3) is 11.2 Å². The first-order valence-corrected chi connectivity index (χ1v) is 6.89. The van der Waals surface area contributed by atoms with E-state index < -0.39 is 24.5 Å². The van der Waals surface area contributed by atoms with Gasteiger partial charge in [0.05, 0.1) is 12.9 Å². The molecule has 1 fully saturated rings. The van der Waals surface area contributed by atoms with E-state index in [4.69, 9.17) is 15.6 Å². The monoisotopic (exact) mass is 310 g/mol. The Morgan fingerprint density at radius 1 is 1.27 bits per heavy atom. The molecule has 2 aromatic rings. The molecule has 4 atom stereocenters. The van der Waals surface area contributed by atoms with Gasteiger partial charge in [-0.1, -0.05) is 0 Å². The molecule has 1 saturated heterocycles. The van der Waals surface area contributed by atoms with Gasteiger partial charge in [0.2, 0.25) is 0 Å². The Kier molecular flexibility index (Phi) is 4.18. The van der Waals surface area contributed by atoms with Gasteiger partial charge in [-0.15, -0.1) is 0 Å². The second kappa shape index (κ2) is 6.10. The Balaban J connectivity index is 1.83. The van der Waals surface area contributed by atoms with Crippen LogP contribution < -0.4 is 11.1 Å². The van der Waals surface area contributed by atoms with Crippen molar-refractivity contribution < 1.29 is 20.1 Å². The lowest BCUT2D eigenvalue weighted by molar-refractivity contribution is -0.0342. The number of anilines is 1. The zero-order valence-electron chi connectivity index (χ0n) is 11.7. The van der Waals surface area contributed by atoms with Crippen LogP contribution in [0.2, 0.25) is 0 Å². The van der Waals surface area contributed by atoms with E-state index in [0.29, 0.717) is 24.3 Å². The molecule has 10 nitrogen and oxygen atoms in total. The number of nitrogens with zero attached hydrogens (tertiary/aromatic N) is 4. The maximum absolute atomic E-state index is 10.2. The van der Waals surface area contributed by atoms with E-state index in [9.17, 15) is 10.2 Å². The van der Waals surface area contributed by atoms with Gasteiger partial charge in [0.25, 0.3) is 0 Å². The first kappa shape index (κ1) is 15.1. The maximum atomic E-state index is 10.2. The lowest BCUT2D eigenvalue weighted by Gasteiger charge is -2.16. The molecule has 1 aliphatic rings. The number of ether oxygens (including phenoxy) is 1. The number of rotatable bonds is 5. The van der Waals surface area contributed by atoms with Crippen LogP contribution in [-0.4, -0.2) is 72.8 Å². The topological polar surface area (TPSA) is 152 Å². The Labute approximate surface area is 125 Å². The van der Waals surface area contributed by atoms with Gasteiger partial charge in [0.15, 0.2) is 17.7 Å². The molecule has 0 aromatic carbocycles. The van der Waals surface area contributed by atoms with Gasteiger partial charge in [-0.2, -0.15) is 0 Å². The minimum Gasteiger partial charge on any atom is -0.395 e. The summed E-state index contributed by atoms with van der Waals surface area (Å²) < 4.78 is 7.22. The molecular weight excluding hydrogens is 292 g/mol. The zero-order valence-corrected chi connectivity index (χ0v) is 11.7. The highest BCUT2D eigenvalue weighted by Crippen LogP contribution is 2.31. The molecule has 3 rings (SSSR count). The maximum Gasteiger partial charge on any atom is 0.167 e. The normalized spacial score (nSPS) is 28.5. The molecule has 0 radical (unpaired) electrons. The second-order valence-corrected chi connectivity index (χ2v) is 5.06. The van der Waals surface area contributed by atoms with E-state index >= 15 is 0 Å². The average molecular weight is 310 g/mol. The third kappa shape index (κ3) is 2.51. The van der Waals surface area contributed by atoms with Crippen molar-refractivity contribution in [1.82, 2.24) is 24.8 Å². The minimum atomic E-state index is -1.13. The van der Waals surface area contributed by atoms with E-state index in [1.807, 2.05) is 0 Å². The van der Waals surface area contributed by atoms with E-state index in [-0.39, 0.29) is 12.4 Å². The molecule has 0 bridgehead atoms. The number of nitrogens with two attached hydrogens (primary N) is 1. The molecule has 2 unspecified atom stereocenters. The zero-order chi connectivity index (χ0) is 15.7. The molecule has 2 aromatic heterocycles. The van der Waals surface area contributed by atoms with Crippen molar-refractivity contribution in [2.24, 2.45) is 0 Å². The molecular formula is C12H18N6O4. The Morgan fingerprint density at radius 2 is 2.09 bits per heavy atom. The van der Waals surface area contributed by atoms with Gasteiger partial charge in [0, 0.05) is 13.1 Å². The summed E-state index contributed by atoms with van der Waals surface area (Å²) in [6.45, 7) is 0.668. The fourth-order valence-electron chi connectivity index (χ4n) is 2.51. The Morgan fingerprint density at radius 3 is 2.86 bits per heavy atom. The van der Waals surface area contributed by atoms with Crippen molar-refractivity contribution in [2.75, 3.05) is 25.4 Å². The van der Waals surface area contributed by atoms with Crippen LogP contribution in [0.3, 0.4) is 0 Å². The summed E-state index contributed by atoms with van der Waals surface area (Å²) in [5.74, 6) is 0.234. The van der Waals surface area contributed by atoms with Crippen LogP contribution in [0.5, 0.6) is 0 Å². The standard InChI is InChI=1S/C12H18N6O4/c13-10-7-11(16-4-15-10)18(5-17-7)12-9(21)8(20)6(22-12)3-14-1-2-19/h4-6,8-9,12,14,19-21H,1-3H2,(H2,13,15,16)/t6-,8?,9?,12-/m1/s1. The quantitative estimate of drug-likeness (QED) is 0.381. The third-order valence-electron chi connectivity index (χ3n) is 3.63. The molecule has 1 aliphatic heterocycles. The molecule has 22 heavy (non-hydrogen) atoms. The second-order valence-electron chi connectivity index (χ2n) is 5.06. The van der Waals surface area contributed by atoms with Crippen molar-refractivity contribution in [3.8, 4) is 0 Å². The molecule has 0 saturated carbocycles. The number of fused-ring (bicyclic) bond motifs is 1. The Hall–Kier alpha value is -1.85. The summed E-state index contributed by atoms with van der Waals surface area (Å²) in [5, 5.41) is 32.0. The highest BCUT2D eigenvalue weighted by Gasteiger charge is 2.44. The first-order valence-electron chi connectivity index (χ1n) is 6.89. The predicted molar refractivity (Wildman–Crippen MR) is 75.6 cm³/mol. The third-order valence-corrected chi connectivity index (χ3v) is 3.63. The lowest BCUT2D eigenvalue weighted by atomic mass is 10.1. The fraction of sp³-hybridized carbons (Fsp3) is 0.583. The number of aliphatic hydroxyl groups excluding tert-OH is 3. The van der Waals surface area contributed by atoms with Crippen LogP contribution in [0, 0.1) is 0 Å². The molecule has 0 amide bonds. The van der Waals surface area contributed by atoms with E-state index in [2.05, 4.69) is 20.3 Å². The lowest BCUT2D eigenvalue weighted by Crippen LogP contribution is -2.38. The number of aromatic nitrogens is 4. The molecule has 3 heterocycles. The van der Waals surface area contributed by atoms with Gasteiger partial charge < -0.3 is 31.1 Å². The Bertz CT molecular complexity index is 650. The summed E-state index contributed by atoms with van der Waals surface area (Å²) in [4.78, 5) is 12.1.